The molecule has 1 aromatic carbocycles. The lowest BCUT2D eigenvalue weighted by Crippen LogP contribution is -2.11. The van der Waals surface area contributed by atoms with Gasteiger partial charge in [-0.15, -0.1) is 0 Å². The van der Waals surface area contributed by atoms with Gasteiger partial charge in [0.05, 0.1) is 12.5 Å². The van der Waals surface area contributed by atoms with Crippen molar-refractivity contribution in [3.8, 4) is 11.3 Å². The number of aryl methyl sites for hydroxylation is 1. The van der Waals surface area contributed by atoms with Gasteiger partial charge < -0.3 is 14.2 Å². The smallest absolute Gasteiger partial charge is 0.291 e. The number of anilines is 1. The van der Waals surface area contributed by atoms with Crippen molar-refractivity contribution in [1.29, 1.82) is 0 Å². The Morgan fingerprint density at radius 2 is 1.85 bits per heavy atom. The first-order valence-corrected chi connectivity index (χ1v) is 6.23. The van der Waals surface area contributed by atoms with E-state index in [1.54, 1.807) is 18.4 Å². The van der Waals surface area contributed by atoms with E-state index in [9.17, 15) is 4.79 Å². The molecular weight excluding hydrogens is 254 g/mol. The topological polar surface area (TPSA) is 55.4 Å². The Hall–Kier alpha value is -2.75. The zero-order chi connectivity index (χ0) is 13.9. The van der Waals surface area contributed by atoms with Crippen LogP contribution in [0.1, 0.15) is 16.1 Å². The Morgan fingerprint density at radius 1 is 1.05 bits per heavy atom. The lowest BCUT2D eigenvalue weighted by Gasteiger charge is -2.08. The molecule has 3 rings (SSSR count). The molecule has 2 aromatic heterocycles. The molecule has 0 saturated heterocycles. The van der Waals surface area contributed by atoms with Gasteiger partial charge in [-0.2, -0.15) is 0 Å². The van der Waals surface area contributed by atoms with Crippen molar-refractivity contribution >= 4 is 11.6 Å². The van der Waals surface area contributed by atoms with Gasteiger partial charge in [-0.3, -0.25) is 4.79 Å². The maximum absolute atomic E-state index is 11.9. The van der Waals surface area contributed by atoms with Crippen LogP contribution < -0.4 is 5.32 Å². The van der Waals surface area contributed by atoms with Crippen LogP contribution in [0.15, 0.2) is 63.8 Å². The maximum Gasteiger partial charge on any atom is 0.291 e. The summed E-state index contributed by atoms with van der Waals surface area (Å²) in [7, 11) is 0. The number of carbonyl (C=O) groups excluding carboxylic acids is 1. The fourth-order valence-electron chi connectivity index (χ4n) is 1.99. The van der Waals surface area contributed by atoms with Crippen LogP contribution in [0.3, 0.4) is 0 Å². The van der Waals surface area contributed by atoms with Gasteiger partial charge in [0.25, 0.3) is 5.91 Å². The molecular formula is C16H13NO3. The number of benzene rings is 1. The number of rotatable bonds is 3. The maximum atomic E-state index is 11.9. The highest BCUT2D eigenvalue weighted by Crippen LogP contribution is 2.25. The van der Waals surface area contributed by atoms with Gasteiger partial charge in [-0.25, -0.2) is 0 Å². The molecule has 1 amide bonds. The molecule has 0 unspecified atom stereocenters. The highest BCUT2D eigenvalue weighted by molar-refractivity contribution is 6.02. The van der Waals surface area contributed by atoms with Crippen molar-refractivity contribution in [1.82, 2.24) is 0 Å². The van der Waals surface area contributed by atoms with Gasteiger partial charge in [-0.05, 0) is 55.0 Å². The van der Waals surface area contributed by atoms with Crippen molar-refractivity contribution in [2.24, 2.45) is 0 Å². The number of hydrogen-bond donors (Lipinski definition) is 1. The van der Waals surface area contributed by atoms with E-state index in [-0.39, 0.29) is 5.91 Å². The molecule has 20 heavy (non-hydrogen) atoms. The van der Waals surface area contributed by atoms with Crippen LogP contribution >= 0.6 is 0 Å². The van der Waals surface area contributed by atoms with Crippen LogP contribution in [0.25, 0.3) is 11.3 Å². The van der Waals surface area contributed by atoms with Gasteiger partial charge in [0.15, 0.2) is 5.76 Å². The Balaban J connectivity index is 1.83. The molecule has 3 aromatic rings. The summed E-state index contributed by atoms with van der Waals surface area (Å²) in [6, 6.07) is 12.8. The first-order valence-electron chi connectivity index (χ1n) is 6.23. The van der Waals surface area contributed by atoms with Gasteiger partial charge in [0.2, 0.25) is 0 Å². The van der Waals surface area contributed by atoms with Crippen molar-refractivity contribution in [3.05, 3.63) is 66.3 Å². The molecule has 0 spiro atoms. The average Bonchev–Trinajstić information content (AvgIpc) is 3.14. The van der Waals surface area contributed by atoms with Crippen molar-refractivity contribution in [3.63, 3.8) is 0 Å². The first kappa shape index (κ1) is 12.3. The average molecular weight is 267 g/mol. The van der Waals surface area contributed by atoms with E-state index in [1.807, 2.05) is 37.3 Å². The highest BCUT2D eigenvalue weighted by atomic mass is 16.3. The molecule has 1 N–H and O–H groups in total. The van der Waals surface area contributed by atoms with Crippen LogP contribution in [0, 0.1) is 6.92 Å². The van der Waals surface area contributed by atoms with Crippen LogP contribution in [0.5, 0.6) is 0 Å². The Bertz CT molecular complexity index is 712. The molecule has 0 aliphatic rings. The van der Waals surface area contributed by atoms with E-state index >= 15 is 0 Å². The third kappa shape index (κ3) is 2.36. The minimum absolute atomic E-state index is 0.260. The fourth-order valence-corrected chi connectivity index (χ4v) is 1.99. The summed E-state index contributed by atoms with van der Waals surface area (Å²) in [6.07, 6.45) is 3.11. The zero-order valence-corrected chi connectivity index (χ0v) is 10.9. The quantitative estimate of drug-likeness (QED) is 0.777. The van der Waals surface area contributed by atoms with Crippen molar-refractivity contribution in [2.45, 2.75) is 6.92 Å². The molecule has 0 fully saturated rings. The minimum atomic E-state index is -0.260. The van der Waals surface area contributed by atoms with Crippen LogP contribution in [-0.4, -0.2) is 5.91 Å². The Kier molecular flexibility index (Phi) is 3.13. The summed E-state index contributed by atoms with van der Waals surface area (Å²) in [4.78, 5) is 11.9. The van der Waals surface area contributed by atoms with Crippen LogP contribution in [0.2, 0.25) is 0 Å². The molecule has 100 valence electrons. The van der Waals surface area contributed by atoms with Crippen molar-refractivity contribution in [2.75, 3.05) is 5.32 Å². The third-order valence-corrected chi connectivity index (χ3v) is 3.03. The van der Waals surface area contributed by atoms with Gasteiger partial charge in [0.1, 0.15) is 5.76 Å². The largest absolute Gasteiger partial charge is 0.464 e. The summed E-state index contributed by atoms with van der Waals surface area (Å²) in [5, 5.41) is 2.82. The summed E-state index contributed by atoms with van der Waals surface area (Å²) < 4.78 is 10.4. The second-order valence-corrected chi connectivity index (χ2v) is 4.44. The Morgan fingerprint density at radius 3 is 2.50 bits per heavy atom. The molecule has 4 heteroatoms. The predicted octanol–water partition coefficient (Wildman–Crippen LogP) is 4.10. The van der Waals surface area contributed by atoms with Crippen molar-refractivity contribution < 1.29 is 13.6 Å². The number of furan rings is 2. The molecule has 0 aliphatic carbocycles. The molecule has 4 nitrogen and oxygen atoms in total. The first-order chi connectivity index (χ1) is 9.74. The van der Waals surface area contributed by atoms with E-state index in [0.717, 1.165) is 22.6 Å². The van der Waals surface area contributed by atoms with E-state index in [0.29, 0.717) is 5.76 Å². The molecule has 2 heterocycles. The van der Waals surface area contributed by atoms with Crippen LogP contribution in [-0.2, 0) is 0 Å². The standard InChI is InChI=1S/C16H13NO3/c1-11-10-12(14-4-2-8-19-14)6-7-13(11)17-16(18)15-5-3-9-20-15/h2-10H,1H3,(H,17,18). The number of carbonyl (C=O) groups is 1. The van der Waals surface area contributed by atoms with E-state index in [4.69, 9.17) is 8.83 Å². The Labute approximate surface area is 116 Å². The molecule has 0 saturated carbocycles. The minimum Gasteiger partial charge on any atom is -0.464 e. The molecule has 0 bridgehead atoms. The lowest BCUT2D eigenvalue weighted by atomic mass is 10.1. The number of amides is 1. The van der Waals surface area contributed by atoms with Crippen LogP contribution in [0.4, 0.5) is 5.69 Å². The molecule has 0 radical (unpaired) electrons. The van der Waals surface area contributed by atoms with Gasteiger partial charge in [-0.1, -0.05) is 0 Å². The van der Waals surface area contributed by atoms with Gasteiger partial charge >= 0.3 is 0 Å². The zero-order valence-electron chi connectivity index (χ0n) is 10.9. The summed E-state index contributed by atoms with van der Waals surface area (Å²) in [5.74, 6) is 0.834. The SMILES string of the molecule is Cc1cc(-c2ccco2)ccc1NC(=O)c1ccco1. The van der Waals surface area contributed by atoms with E-state index < -0.39 is 0 Å². The second kappa shape index (κ2) is 5.09. The lowest BCUT2D eigenvalue weighted by molar-refractivity contribution is 0.0996. The normalized spacial score (nSPS) is 10.4. The summed E-state index contributed by atoms with van der Waals surface area (Å²) in [5.41, 5.74) is 2.68. The predicted molar refractivity (Wildman–Crippen MR) is 75.5 cm³/mol. The fraction of sp³-hybridized carbons (Fsp3) is 0.0625. The van der Waals surface area contributed by atoms with E-state index in [2.05, 4.69) is 5.32 Å². The molecule has 0 aliphatic heterocycles. The molecule has 0 atom stereocenters. The highest BCUT2D eigenvalue weighted by Gasteiger charge is 2.11. The monoisotopic (exact) mass is 267 g/mol. The summed E-state index contributed by atoms with van der Waals surface area (Å²) in [6.45, 7) is 1.93. The van der Waals surface area contributed by atoms with Gasteiger partial charge in [0, 0.05) is 11.3 Å². The number of hydrogen-bond acceptors (Lipinski definition) is 3. The summed E-state index contributed by atoms with van der Waals surface area (Å²) >= 11 is 0. The van der Waals surface area contributed by atoms with E-state index in [1.165, 1.54) is 6.26 Å². The second-order valence-electron chi connectivity index (χ2n) is 4.44. The number of nitrogens with one attached hydrogen (secondary N) is 1. The third-order valence-electron chi connectivity index (χ3n) is 3.03.